The lowest BCUT2D eigenvalue weighted by Crippen LogP contribution is -2.41. The van der Waals surface area contributed by atoms with Crippen LogP contribution in [0.1, 0.15) is 111 Å². The van der Waals surface area contributed by atoms with Gasteiger partial charge in [-0.25, -0.2) is 52.9 Å². The molecule has 624 valence electrons. The average molecular weight is 1780 g/mol. The first-order chi connectivity index (χ1) is 57.8. The molecule has 4 aliphatic rings. The average Bonchev–Trinajstić information content (AvgIpc) is 1.59. The number of hydrogen-bond acceptors (Lipinski definition) is 18. The Hall–Kier alpha value is -9.30. The fraction of sp³-hybridized carbons (Fsp3) is 0.315. The molecule has 0 atom stereocenters. The zero-order valence-corrected chi connectivity index (χ0v) is 74.3. The van der Waals surface area contributed by atoms with Crippen LogP contribution in [0.4, 0.5) is 13.2 Å². The minimum atomic E-state index is -3.97. The van der Waals surface area contributed by atoms with Crippen molar-refractivity contribution >= 4 is 115 Å². The fourth-order valence-electron chi connectivity index (χ4n) is 15.7. The number of aromatic nitrogens is 6. The van der Waals surface area contributed by atoms with Crippen LogP contribution in [0.5, 0.6) is 17.2 Å². The lowest BCUT2D eigenvalue weighted by Gasteiger charge is -2.32. The quantitative estimate of drug-likeness (QED) is 0.0752. The summed E-state index contributed by atoms with van der Waals surface area (Å²) in [4.78, 5) is 31.0. The number of H-pyrrole nitrogens is 1. The molecule has 18 nitrogen and oxygen atoms in total. The first kappa shape index (κ1) is 85.7. The monoisotopic (exact) mass is 1780 g/mol. The highest BCUT2D eigenvalue weighted by Crippen LogP contribution is 2.45. The summed E-state index contributed by atoms with van der Waals surface area (Å²) in [6.07, 6.45) is 21.8. The number of pyridine rings is 3. The number of thiophene rings is 3. The molecule has 120 heavy (non-hydrogen) atoms. The Morgan fingerprint density at radius 3 is 1.27 bits per heavy atom. The predicted molar refractivity (Wildman–Crippen MR) is 481 cm³/mol. The second kappa shape index (κ2) is 36.8. The number of methoxy groups -OCH3 is 3. The second-order valence-corrected chi connectivity index (χ2v) is 39.7. The number of hydrogen-bond donors (Lipinski definition) is 1. The summed E-state index contributed by atoms with van der Waals surface area (Å²) >= 11 is 8.75. The third-order valence-electron chi connectivity index (χ3n) is 22.8. The third-order valence-corrected chi connectivity index (χ3v) is 29.9. The highest BCUT2D eigenvalue weighted by atomic mass is 79.9. The zero-order chi connectivity index (χ0) is 84.2. The summed E-state index contributed by atoms with van der Waals surface area (Å²) in [6.45, 7) is 22.4. The van der Waals surface area contributed by atoms with Crippen molar-refractivity contribution in [1.82, 2.24) is 42.6 Å². The number of piperidine rings is 3. The van der Waals surface area contributed by atoms with Gasteiger partial charge in [-0.15, -0.1) is 34.0 Å². The molecule has 0 amide bonds. The van der Waals surface area contributed by atoms with Crippen molar-refractivity contribution in [3.05, 3.63) is 243 Å². The van der Waals surface area contributed by atoms with Gasteiger partial charge in [0.2, 0.25) is 0 Å². The molecule has 9 aromatic heterocycles. The van der Waals surface area contributed by atoms with Crippen LogP contribution < -0.4 is 19.0 Å². The Balaban J connectivity index is 0.000000128. The molecular formula is C92H96BBrF3N9O9S5. The standard InChI is InChI=1S/C31H30FN3O3S2.C24H24FN3OS.C21H16BrFN2O3S.C16H26BNO2S/c1-21-9-12-24(13-10-21)40(36,37)35-20-27(25-7-6-8-28(32)30(25)38-2)26-17-22(18-33-31(26)35)29-14-11-23(39-29)19-34-15-4-3-5-16-34;1-29-23-18(6-5-7-21(23)25)20-14-27-24-19(20)12-16(13-26-24)22-9-8-17(30-22)15-28-10-3-2-4-11-28;1-13-6-8-15(9-7-13)29(26,27)25-12-18(17-10-14(22)11-24-21(17)25)16-4-3-5-19(23)20(16)28-2;1-15(2)16(3,4)20-17(19-15)14-9-8-13(21-14)12-18-10-6-5-7-11-18/h6-14,17-18,20H,3-5,15-16,19H2,1-2H3;5-9,12-14H,2-4,10-11,15H2,1H3,(H,26,27);3-12H,1-2H3;8-9H,5-7,10-12H2,1-4H3. The van der Waals surface area contributed by atoms with Crippen LogP contribution in [0, 0.1) is 31.3 Å². The highest BCUT2D eigenvalue weighted by Gasteiger charge is 2.52. The molecule has 0 unspecified atom stereocenters. The number of rotatable bonds is 19. The summed E-state index contributed by atoms with van der Waals surface area (Å²) in [5.74, 6) is -1.07. The van der Waals surface area contributed by atoms with Crippen LogP contribution >= 0.6 is 49.9 Å². The molecule has 13 heterocycles. The number of halogens is 4. The van der Waals surface area contributed by atoms with Crippen molar-refractivity contribution in [1.29, 1.82) is 0 Å². The van der Waals surface area contributed by atoms with Gasteiger partial charge in [-0.05, 0) is 226 Å². The van der Waals surface area contributed by atoms with E-state index in [0.717, 1.165) is 86.0 Å². The van der Waals surface area contributed by atoms with E-state index in [4.69, 9.17) is 23.5 Å². The number of aromatic amines is 1. The van der Waals surface area contributed by atoms with E-state index in [1.54, 1.807) is 102 Å². The van der Waals surface area contributed by atoms with Gasteiger partial charge < -0.3 is 28.5 Å². The molecule has 0 spiro atoms. The van der Waals surface area contributed by atoms with Gasteiger partial charge in [-0.2, -0.15) is 0 Å². The van der Waals surface area contributed by atoms with Crippen LogP contribution in [0.2, 0.25) is 0 Å². The van der Waals surface area contributed by atoms with E-state index in [2.05, 4.69) is 121 Å². The number of nitrogens with zero attached hydrogens (tertiary/aromatic N) is 8. The fourth-order valence-corrected chi connectivity index (χ4v) is 21.7. The Labute approximate surface area is 720 Å². The first-order valence-electron chi connectivity index (χ1n) is 40.4. The van der Waals surface area contributed by atoms with Gasteiger partial charge >= 0.3 is 7.12 Å². The van der Waals surface area contributed by atoms with E-state index < -0.39 is 31.7 Å². The van der Waals surface area contributed by atoms with E-state index >= 15 is 0 Å². The van der Waals surface area contributed by atoms with Crippen LogP contribution in [-0.4, -0.2) is 138 Å². The van der Waals surface area contributed by atoms with Crippen LogP contribution in [-0.2, 0) is 49.0 Å². The molecule has 18 rings (SSSR count). The minimum absolute atomic E-state index is 0.0410. The smallest absolute Gasteiger partial charge is 0.493 e. The number of aryl methyl sites for hydroxylation is 2. The molecule has 4 fully saturated rings. The lowest BCUT2D eigenvalue weighted by molar-refractivity contribution is 0.00578. The summed E-state index contributed by atoms with van der Waals surface area (Å²) in [6, 6.07) is 46.3. The maximum atomic E-state index is 14.8. The highest BCUT2D eigenvalue weighted by molar-refractivity contribution is 9.10. The summed E-state index contributed by atoms with van der Waals surface area (Å²) < 4.78 is 130. The SMILES string of the molecule is CC1(C)OB(c2ccc(CN3CCCCC3)s2)OC1(C)C.COc1c(F)cccc1-c1c[nH]c2ncc(-c3ccc(CN4CCCCC4)s3)cc12.COc1c(F)cccc1-c1cn(S(=O)(=O)c2ccc(C)cc2)c2ncc(-c3ccc(CN4CCCCC4)s3)cc12.COc1c(F)cccc1-c1cn(S(=O)(=O)c2ccc(C)cc2)c2ncc(Br)cc12. The predicted octanol–water partition coefficient (Wildman–Crippen LogP) is 21.4. The van der Waals surface area contributed by atoms with Crippen LogP contribution in [0.15, 0.2) is 209 Å². The van der Waals surface area contributed by atoms with Gasteiger partial charge in [0.25, 0.3) is 20.0 Å². The number of nitrogens with one attached hydrogen (secondary N) is 1. The van der Waals surface area contributed by atoms with Gasteiger partial charge in [0.15, 0.2) is 46.0 Å². The topological polar surface area (TPSA) is 188 Å². The minimum Gasteiger partial charge on any atom is -0.493 e. The van der Waals surface area contributed by atoms with E-state index in [1.165, 1.54) is 170 Å². The van der Waals surface area contributed by atoms with Gasteiger partial charge in [0.05, 0.1) is 42.3 Å². The van der Waals surface area contributed by atoms with Crippen LogP contribution in [0.3, 0.4) is 0 Å². The molecule has 0 radical (unpaired) electrons. The zero-order valence-electron chi connectivity index (χ0n) is 68.6. The van der Waals surface area contributed by atoms with Crippen molar-refractivity contribution in [2.75, 3.05) is 60.6 Å². The van der Waals surface area contributed by atoms with Gasteiger partial charge in [0.1, 0.15) is 5.65 Å². The van der Waals surface area contributed by atoms with E-state index in [0.29, 0.717) is 37.5 Å². The van der Waals surface area contributed by atoms with E-state index in [1.807, 2.05) is 61.0 Å². The maximum absolute atomic E-state index is 14.8. The van der Waals surface area contributed by atoms with Crippen molar-refractivity contribution in [3.63, 3.8) is 0 Å². The van der Waals surface area contributed by atoms with Gasteiger partial charge in [-0.3, -0.25) is 14.7 Å². The van der Waals surface area contributed by atoms with Gasteiger partial charge in [0, 0.05) is 151 Å². The van der Waals surface area contributed by atoms with Gasteiger partial charge in [-0.1, -0.05) is 97.1 Å². The first-order valence-corrected chi connectivity index (χ1v) is 46.5. The number of ether oxygens (including phenoxy) is 3. The van der Waals surface area contributed by atoms with Crippen molar-refractivity contribution in [2.45, 2.75) is 140 Å². The molecule has 28 heteroatoms. The number of benzene rings is 5. The van der Waals surface area contributed by atoms with Crippen molar-refractivity contribution < 1.29 is 53.5 Å². The molecule has 14 aromatic rings. The maximum Gasteiger partial charge on any atom is 0.505 e. The number of fused-ring (bicyclic) bond motifs is 3. The molecule has 4 saturated heterocycles. The van der Waals surface area contributed by atoms with Crippen molar-refractivity contribution in [3.8, 4) is 71.5 Å². The molecule has 4 aliphatic heterocycles. The molecule has 0 aliphatic carbocycles. The Morgan fingerprint density at radius 2 is 0.842 bits per heavy atom. The molecule has 0 bridgehead atoms. The normalized spacial score (nSPS) is 15.9. The second-order valence-electron chi connectivity index (χ2n) is 31.7. The Bertz CT molecular complexity index is 6210. The Kier molecular flexibility index (Phi) is 26.3. The largest absolute Gasteiger partial charge is 0.505 e. The summed E-state index contributed by atoms with van der Waals surface area (Å²) in [7, 11) is -3.82. The van der Waals surface area contributed by atoms with E-state index in [-0.39, 0.29) is 62.5 Å². The van der Waals surface area contributed by atoms with Crippen molar-refractivity contribution in [2.24, 2.45) is 0 Å². The molecular weight excluding hydrogens is 1680 g/mol. The lowest BCUT2D eigenvalue weighted by atomic mass is 9.88. The molecule has 1 N–H and O–H groups in total. The van der Waals surface area contributed by atoms with E-state index in [9.17, 15) is 30.0 Å². The molecule has 5 aromatic carbocycles. The van der Waals surface area contributed by atoms with Crippen LogP contribution in [0.25, 0.3) is 87.4 Å². The molecule has 0 saturated carbocycles. The third kappa shape index (κ3) is 18.6. The number of likely N-dealkylation sites (tertiary alicyclic amines) is 3. The summed E-state index contributed by atoms with van der Waals surface area (Å²) in [5, 5.41) is 2.12. The summed E-state index contributed by atoms with van der Waals surface area (Å²) in [5.41, 5.74) is 8.20. The number of para-hydroxylation sites is 3. The Morgan fingerprint density at radius 1 is 0.458 bits per heavy atom.